The summed E-state index contributed by atoms with van der Waals surface area (Å²) in [5.41, 5.74) is 0.861. The molecular formula is C35H44F3N3O4S2Si. The van der Waals surface area contributed by atoms with Crippen LogP contribution in [-0.2, 0) is 21.3 Å². The van der Waals surface area contributed by atoms with Gasteiger partial charge in [0.15, 0.2) is 8.32 Å². The molecule has 5 rings (SSSR count). The second-order valence-corrected chi connectivity index (χ2v) is 17.3. The predicted molar refractivity (Wildman–Crippen MR) is 194 cm³/mol. The molecule has 260 valence electrons. The molecule has 3 atom stereocenters. The number of hydrogen-bond donors (Lipinski definition) is 0. The average molecular weight is 720 g/mol. The minimum absolute atomic E-state index is 0. The lowest BCUT2D eigenvalue weighted by atomic mass is 9.89. The van der Waals surface area contributed by atoms with Crippen molar-refractivity contribution in [2.24, 2.45) is 0 Å². The standard InChI is InChI=1S/C35H40F3N3O4Si.2H2S/c1-39(32-17-18-40(22-31(32)38)34(43)44-23-25-11-7-5-8-12-25)33(42)41-21-26(29-19-28(36)15-16-30(29)37)20-35(41,24-45-46(2,3)4)27-13-9-6-10-14-27;;/h5-16,19-20,31-32H,17-18,21-24H2,1-4H3;2*1H2. The van der Waals surface area contributed by atoms with Crippen molar-refractivity contribution in [2.75, 3.05) is 33.3 Å². The summed E-state index contributed by atoms with van der Waals surface area (Å²) in [5, 5.41) is 0. The monoisotopic (exact) mass is 719 g/mol. The first-order chi connectivity index (χ1) is 21.9. The third-order valence-corrected chi connectivity index (χ3v) is 9.51. The molecule has 0 radical (unpaired) electrons. The maximum absolute atomic E-state index is 15.8. The number of amides is 3. The van der Waals surface area contributed by atoms with Crippen LogP contribution < -0.4 is 0 Å². The smallest absolute Gasteiger partial charge is 0.410 e. The Morgan fingerprint density at radius 3 is 2.25 bits per heavy atom. The van der Waals surface area contributed by atoms with Gasteiger partial charge in [0.25, 0.3) is 0 Å². The van der Waals surface area contributed by atoms with Crippen molar-refractivity contribution >= 4 is 53.0 Å². The lowest BCUT2D eigenvalue weighted by Gasteiger charge is -2.44. The van der Waals surface area contributed by atoms with E-state index in [1.807, 2.05) is 80.3 Å². The second-order valence-electron chi connectivity index (χ2n) is 12.8. The summed E-state index contributed by atoms with van der Waals surface area (Å²) in [7, 11) is -0.591. The SMILES string of the molecule is CN(C(=O)N1CC(c2cc(F)ccc2F)=CC1(CO[Si](C)(C)C)c1ccccc1)C1CCN(C(=O)OCc2ccccc2)CC1F.S.S. The highest BCUT2D eigenvalue weighted by molar-refractivity contribution is 7.59. The summed E-state index contributed by atoms with van der Waals surface area (Å²) in [5.74, 6) is -1.21. The van der Waals surface area contributed by atoms with E-state index in [0.717, 1.165) is 29.3 Å². The summed E-state index contributed by atoms with van der Waals surface area (Å²) in [6, 6.07) is 20.4. The van der Waals surface area contributed by atoms with Crippen molar-refractivity contribution in [3.05, 3.63) is 113 Å². The summed E-state index contributed by atoms with van der Waals surface area (Å²) >= 11 is 0. The average Bonchev–Trinajstić information content (AvgIpc) is 3.44. The fourth-order valence-electron chi connectivity index (χ4n) is 6.00. The molecule has 1 fully saturated rings. The van der Waals surface area contributed by atoms with Gasteiger partial charge >= 0.3 is 12.1 Å². The molecule has 3 aromatic carbocycles. The van der Waals surface area contributed by atoms with E-state index in [0.29, 0.717) is 5.57 Å². The number of carbonyl (C=O) groups is 2. The van der Waals surface area contributed by atoms with E-state index in [1.165, 1.54) is 9.80 Å². The third-order valence-electron chi connectivity index (χ3n) is 8.50. The molecule has 2 aliphatic rings. The fraction of sp³-hybridized carbons (Fsp3) is 0.371. The van der Waals surface area contributed by atoms with E-state index in [2.05, 4.69) is 0 Å². The Morgan fingerprint density at radius 1 is 0.979 bits per heavy atom. The molecular weight excluding hydrogens is 676 g/mol. The van der Waals surface area contributed by atoms with Gasteiger partial charge in [-0.2, -0.15) is 27.0 Å². The van der Waals surface area contributed by atoms with Crippen molar-refractivity contribution in [3.63, 3.8) is 0 Å². The first-order valence-corrected chi connectivity index (χ1v) is 18.8. The number of ether oxygens (including phenoxy) is 1. The number of carbonyl (C=O) groups excluding carboxylic acids is 2. The van der Waals surface area contributed by atoms with Crippen LogP contribution in [0.2, 0.25) is 19.6 Å². The molecule has 48 heavy (non-hydrogen) atoms. The van der Waals surface area contributed by atoms with Crippen LogP contribution in [0.25, 0.3) is 5.57 Å². The van der Waals surface area contributed by atoms with Crippen LogP contribution in [0.4, 0.5) is 22.8 Å². The Kier molecular flexibility index (Phi) is 13.3. The van der Waals surface area contributed by atoms with Gasteiger partial charge in [0.05, 0.1) is 19.2 Å². The minimum Gasteiger partial charge on any atom is -0.445 e. The minimum atomic E-state index is -2.13. The van der Waals surface area contributed by atoms with Crippen molar-refractivity contribution in [2.45, 2.75) is 50.4 Å². The van der Waals surface area contributed by atoms with Crippen LogP contribution in [0.5, 0.6) is 0 Å². The quantitative estimate of drug-likeness (QED) is 0.227. The largest absolute Gasteiger partial charge is 0.445 e. The highest BCUT2D eigenvalue weighted by atomic mass is 32.1. The van der Waals surface area contributed by atoms with Gasteiger partial charge in [-0.1, -0.05) is 60.7 Å². The van der Waals surface area contributed by atoms with Crippen LogP contribution >= 0.6 is 27.0 Å². The van der Waals surface area contributed by atoms with Crippen molar-refractivity contribution in [1.29, 1.82) is 0 Å². The molecule has 13 heteroatoms. The fourth-order valence-corrected chi connectivity index (χ4v) is 6.65. The normalized spacial score (nSPS) is 20.7. The van der Waals surface area contributed by atoms with Gasteiger partial charge in [-0.3, -0.25) is 0 Å². The first kappa shape index (κ1) is 39.0. The number of rotatable bonds is 8. The summed E-state index contributed by atoms with van der Waals surface area (Å²) in [6.07, 6.45) is -0.173. The molecule has 2 heterocycles. The number of hydrogen-bond acceptors (Lipinski definition) is 4. The van der Waals surface area contributed by atoms with Gasteiger partial charge in [-0.05, 0) is 67.0 Å². The van der Waals surface area contributed by atoms with Gasteiger partial charge in [0, 0.05) is 25.7 Å². The number of halogens is 3. The van der Waals surface area contributed by atoms with Crippen LogP contribution in [-0.4, -0.2) is 80.6 Å². The summed E-state index contributed by atoms with van der Waals surface area (Å²) in [4.78, 5) is 31.4. The molecule has 0 aliphatic carbocycles. The Bertz CT molecular complexity index is 1580. The number of alkyl halides is 1. The lowest BCUT2D eigenvalue weighted by Crippen LogP contribution is -2.59. The van der Waals surface area contributed by atoms with Crippen molar-refractivity contribution in [3.8, 4) is 0 Å². The molecule has 3 unspecified atom stereocenters. The molecule has 0 spiro atoms. The number of likely N-dealkylation sites (tertiary alicyclic amines) is 1. The molecule has 2 aliphatic heterocycles. The Hall–Kier alpha value is -3.39. The lowest BCUT2D eigenvalue weighted by molar-refractivity contribution is 0.0285. The van der Waals surface area contributed by atoms with Gasteiger partial charge in [-0.25, -0.2) is 22.8 Å². The number of urea groups is 1. The van der Waals surface area contributed by atoms with E-state index >= 15 is 8.78 Å². The van der Waals surface area contributed by atoms with Crippen molar-refractivity contribution in [1.82, 2.24) is 14.7 Å². The van der Waals surface area contributed by atoms with E-state index in [-0.39, 0.29) is 71.8 Å². The zero-order valence-electron chi connectivity index (χ0n) is 27.6. The molecule has 1 saturated heterocycles. The zero-order valence-corrected chi connectivity index (χ0v) is 30.6. The molecule has 0 bridgehead atoms. The maximum Gasteiger partial charge on any atom is 0.410 e. The summed E-state index contributed by atoms with van der Waals surface area (Å²) < 4.78 is 57.0. The number of piperidine rings is 1. The first-order valence-electron chi connectivity index (χ1n) is 15.4. The predicted octanol–water partition coefficient (Wildman–Crippen LogP) is 7.44. The highest BCUT2D eigenvalue weighted by Gasteiger charge is 2.48. The molecule has 0 N–H and O–H groups in total. The molecule has 7 nitrogen and oxygen atoms in total. The van der Waals surface area contributed by atoms with Gasteiger partial charge in [0.1, 0.15) is 30.0 Å². The van der Waals surface area contributed by atoms with Crippen LogP contribution in [0, 0.1) is 11.6 Å². The third kappa shape index (κ3) is 8.79. The Morgan fingerprint density at radius 2 is 1.62 bits per heavy atom. The highest BCUT2D eigenvalue weighted by Crippen LogP contribution is 2.43. The number of nitrogens with zero attached hydrogens (tertiary/aromatic N) is 3. The van der Waals surface area contributed by atoms with E-state index in [9.17, 15) is 14.0 Å². The van der Waals surface area contributed by atoms with Crippen molar-refractivity contribution < 1.29 is 31.9 Å². The second kappa shape index (κ2) is 16.3. The maximum atomic E-state index is 15.8. The Balaban J connectivity index is 0.00000312. The molecule has 3 aromatic rings. The zero-order chi connectivity index (χ0) is 33.1. The van der Waals surface area contributed by atoms with Crippen LogP contribution in [0.15, 0.2) is 84.9 Å². The Labute approximate surface area is 295 Å². The topological polar surface area (TPSA) is 62.3 Å². The van der Waals surface area contributed by atoms with Crippen LogP contribution in [0.1, 0.15) is 23.1 Å². The van der Waals surface area contributed by atoms with Gasteiger partial charge in [-0.15, -0.1) is 0 Å². The van der Waals surface area contributed by atoms with E-state index in [1.54, 1.807) is 18.0 Å². The molecule has 0 aromatic heterocycles. The van der Waals surface area contributed by atoms with Gasteiger partial charge in [0.2, 0.25) is 0 Å². The van der Waals surface area contributed by atoms with Crippen LogP contribution in [0.3, 0.4) is 0 Å². The molecule has 0 saturated carbocycles. The van der Waals surface area contributed by atoms with E-state index < -0.39 is 49.8 Å². The summed E-state index contributed by atoms with van der Waals surface area (Å²) in [6.45, 7) is 6.18. The molecule has 3 amide bonds. The number of benzene rings is 3. The van der Waals surface area contributed by atoms with Gasteiger partial charge < -0.3 is 23.9 Å². The van der Waals surface area contributed by atoms with E-state index in [4.69, 9.17) is 9.16 Å².